The summed E-state index contributed by atoms with van der Waals surface area (Å²) >= 11 is 0. The van der Waals surface area contributed by atoms with E-state index in [9.17, 15) is 0 Å². The molecule has 0 bridgehead atoms. The quantitative estimate of drug-likeness (QED) is 0.224. The van der Waals surface area contributed by atoms with Gasteiger partial charge in [0, 0.05) is 32.9 Å². The lowest BCUT2D eigenvalue weighted by atomic mass is 10.0. The number of hydrogen-bond donors (Lipinski definition) is 2. The van der Waals surface area contributed by atoms with Crippen molar-refractivity contribution in [1.29, 1.82) is 0 Å². The summed E-state index contributed by atoms with van der Waals surface area (Å²) in [6, 6.07) is 38.0. The zero-order valence-corrected chi connectivity index (χ0v) is 21.1. The van der Waals surface area contributed by atoms with E-state index in [1.165, 1.54) is 71.4 Å². The molecule has 0 saturated carbocycles. The predicted molar refractivity (Wildman–Crippen MR) is 158 cm³/mol. The summed E-state index contributed by atoms with van der Waals surface area (Å²) in [7, 11) is 0. The van der Waals surface area contributed by atoms with Gasteiger partial charge in [-0.1, -0.05) is 84.4 Å². The molecule has 0 aliphatic heterocycles. The van der Waals surface area contributed by atoms with E-state index in [-0.39, 0.29) is 0 Å². The number of benzene rings is 5. The number of aromatic amines is 2. The monoisotopic (exact) mass is 478 g/mol. The molecule has 2 heteroatoms. The van der Waals surface area contributed by atoms with Gasteiger partial charge in [-0.25, -0.2) is 0 Å². The topological polar surface area (TPSA) is 31.6 Å². The van der Waals surface area contributed by atoms with Crippen LogP contribution in [-0.2, 0) is 25.7 Å². The van der Waals surface area contributed by atoms with Crippen molar-refractivity contribution in [2.24, 2.45) is 0 Å². The van der Waals surface area contributed by atoms with Gasteiger partial charge in [0.25, 0.3) is 0 Å². The van der Waals surface area contributed by atoms with Gasteiger partial charge in [0.1, 0.15) is 0 Å². The van der Waals surface area contributed by atoms with Crippen LogP contribution in [0.4, 0.5) is 0 Å². The minimum absolute atomic E-state index is 1.02. The van der Waals surface area contributed by atoms with Crippen molar-refractivity contribution < 1.29 is 0 Å². The van der Waals surface area contributed by atoms with Crippen molar-refractivity contribution in [3.05, 3.63) is 131 Å². The largest absolute Gasteiger partial charge is 0.358 e. The van der Waals surface area contributed by atoms with Crippen LogP contribution in [0, 0.1) is 6.92 Å². The third-order valence-corrected chi connectivity index (χ3v) is 7.78. The summed E-state index contributed by atoms with van der Waals surface area (Å²) in [5.41, 5.74) is 9.16. The Morgan fingerprint density at radius 1 is 0.459 bits per heavy atom. The summed E-state index contributed by atoms with van der Waals surface area (Å²) in [4.78, 5) is 7.49. The molecule has 0 radical (unpaired) electrons. The Morgan fingerprint density at radius 2 is 0.946 bits per heavy atom. The van der Waals surface area contributed by atoms with Crippen LogP contribution in [-0.4, -0.2) is 9.97 Å². The fourth-order valence-corrected chi connectivity index (χ4v) is 5.69. The maximum atomic E-state index is 3.75. The third kappa shape index (κ3) is 4.19. The van der Waals surface area contributed by atoms with Crippen molar-refractivity contribution in [3.8, 4) is 0 Å². The lowest BCUT2D eigenvalue weighted by molar-refractivity contribution is 0.930. The van der Waals surface area contributed by atoms with Crippen LogP contribution in [0.3, 0.4) is 0 Å². The van der Waals surface area contributed by atoms with Gasteiger partial charge in [-0.05, 0) is 78.8 Å². The van der Waals surface area contributed by atoms with Crippen LogP contribution in [0.5, 0.6) is 0 Å². The molecule has 0 saturated heterocycles. The maximum Gasteiger partial charge on any atom is 0.0535 e. The van der Waals surface area contributed by atoms with Crippen LogP contribution >= 0.6 is 0 Å². The Hall–Kier alpha value is -4.30. The molecule has 7 aromatic rings. The van der Waals surface area contributed by atoms with E-state index in [1.807, 2.05) is 0 Å². The highest BCUT2D eigenvalue weighted by molar-refractivity contribution is 6.15. The van der Waals surface area contributed by atoms with Crippen LogP contribution in [0.1, 0.15) is 28.1 Å². The van der Waals surface area contributed by atoms with Gasteiger partial charge in [-0.3, -0.25) is 0 Å². The molecule has 5 aromatic carbocycles. The van der Waals surface area contributed by atoms with Gasteiger partial charge >= 0.3 is 0 Å². The summed E-state index contributed by atoms with van der Waals surface area (Å²) in [5.74, 6) is 0. The summed E-state index contributed by atoms with van der Waals surface area (Å²) in [5, 5.41) is 7.71. The zero-order valence-electron chi connectivity index (χ0n) is 21.1. The zero-order chi connectivity index (χ0) is 24.8. The van der Waals surface area contributed by atoms with Gasteiger partial charge in [-0.2, -0.15) is 0 Å². The van der Waals surface area contributed by atoms with E-state index in [4.69, 9.17) is 0 Å². The number of rotatable bonds is 6. The van der Waals surface area contributed by atoms with Gasteiger partial charge in [0.15, 0.2) is 0 Å². The number of hydrogen-bond acceptors (Lipinski definition) is 0. The molecule has 0 aliphatic rings. The van der Waals surface area contributed by atoms with Crippen molar-refractivity contribution >= 4 is 43.4 Å². The Kier molecular flexibility index (Phi) is 5.32. The number of aromatic nitrogens is 2. The minimum atomic E-state index is 1.02. The first-order valence-electron chi connectivity index (χ1n) is 13.3. The molecular formula is C35H30N2. The van der Waals surface area contributed by atoms with Gasteiger partial charge < -0.3 is 9.97 Å². The van der Waals surface area contributed by atoms with Crippen molar-refractivity contribution in [2.45, 2.75) is 32.6 Å². The number of aryl methyl sites for hydroxylation is 5. The van der Waals surface area contributed by atoms with Crippen molar-refractivity contribution in [2.75, 3.05) is 0 Å². The fraction of sp³-hybridized carbons (Fsp3) is 0.143. The molecule has 2 nitrogen and oxygen atoms in total. The van der Waals surface area contributed by atoms with Gasteiger partial charge in [0.05, 0.1) is 11.0 Å². The Bertz CT molecular complexity index is 1870. The van der Waals surface area contributed by atoms with E-state index in [0.717, 1.165) is 25.7 Å². The van der Waals surface area contributed by atoms with Crippen molar-refractivity contribution in [1.82, 2.24) is 9.97 Å². The van der Waals surface area contributed by atoms with E-state index < -0.39 is 0 Å². The molecule has 0 spiro atoms. The molecule has 0 fully saturated rings. The first kappa shape index (κ1) is 21.9. The third-order valence-electron chi connectivity index (χ3n) is 7.78. The fourth-order valence-electron chi connectivity index (χ4n) is 5.69. The lowest BCUT2D eigenvalue weighted by Crippen LogP contribution is -1.91. The molecule has 0 atom stereocenters. The standard InChI is InChI=1S/C35H30N2/c1-23-7-9-25(10-8-23)12-18-31-20-29-16-14-27-21-32-26(22-33(27)35(29)37-31)13-15-28-19-30(36-34(28)32)17-11-24-5-3-2-4-6-24/h2-10,13-16,19-22,36-37H,11-12,17-18H2,1H3. The first-order valence-corrected chi connectivity index (χ1v) is 13.3. The van der Waals surface area contributed by atoms with Crippen LogP contribution < -0.4 is 0 Å². The highest BCUT2D eigenvalue weighted by Crippen LogP contribution is 2.33. The average molecular weight is 479 g/mol. The summed E-state index contributed by atoms with van der Waals surface area (Å²) in [6.45, 7) is 2.14. The maximum absolute atomic E-state index is 3.75. The molecule has 0 amide bonds. The number of fused-ring (bicyclic) bond motifs is 6. The van der Waals surface area contributed by atoms with Crippen LogP contribution in [0.25, 0.3) is 43.4 Å². The van der Waals surface area contributed by atoms with Crippen LogP contribution in [0.15, 0.2) is 103 Å². The van der Waals surface area contributed by atoms with E-state index in [1.54, 1.807) is 0 Å². The van der Waals surface area contributed by atoms with Gasteiger partial charge in [0.2, 0.25) is 0 Å². The smallest absolute Gasteiger partial charge is 0.0535 e. The SMILES string of the molecule is Cc1ccc(CCc2cc3ccc4cc5c(ccc6cc(CCc7ccccc7)[nH]c65)cc4c3[nH]2)cc1. The predicted octanol–water partition coefficient (Wildman–Crippen LogP) is 8.83. The normalized spacial score (nSPS) is 11.8. The Balaban J connectivity index is 1.22. The molecule has 2 N–H and O–H groups in total. The average Bonchev–Trinajstić information content (AvgIpc) is 3.55. The second kappa shape index (κ2) is 8.97. The van der Waals surface area contributed by atoms with E-state index >= 15 is 0 Å². The Labute approximate surface area is 217 Å². The minimum Gasteiger partial charge on any atom is -0.358 e. The number of nitrogens with one attached hydrogen (secondary N) is 2. The second-order valence-electron chi connectivity index (χ2n) is 10.4. The molecule has 2 aromatic heterocycles. The highest BCUT2D eigenvalue weighted by Gasteiger charge is 2.10. The summed E-state index contributed by atoms with van der Waals surface area (Å²) in [6.07, 6.45) is 4.13. The van der Waals surface area contributed by atoms with Crippen molar-refractivity contribution in [3.63, 3.8) is 0 Å². The summed E-state index contributed by atoms with van der Waals surface area (Å²) < 4.78 is 0. The number of H-pyrrole nitrogens is 2. The van der Waals surface area contributed by atoms with E-state index in [2.05, 4.69) is 120 Å². The molecule has 0 unspecified atom stereocenters. The molecule has 180 valence electrons. The highest BCUT2D eigenvalue weighted by atomic mass is 14.7. The molecule has 0 aliphatic carbocycles. The molecule has 37 heavy (non-hydrogen) atoms. The van der Waals surface area contributed by atoms with Gasteiger partial charge in [-0.15, -0.1) is 0 Å². The second-order valence-corrected chi connectivity index (χ2v) is 10.4. The van der Waals surface area contributed by atoms with E-state index in [0.29, 0.717) is 0 Å². The molecule has 7 rings (SSSR count). The molecular weight excluding hydrogens is 448 g/mol. The Morgan fingerprint density at radius 3 is 1.49 bits per heavy atom. The molecule has 2 heterocycles. The lowest BCUT2D eigenvalue weighted by Gasteiger charge is -2.05. The van der Waals surface area contributed by atoms with Crippen LogP contribution in [0.2, 0.25) is 0 Å². The first-order chi connectivity index (χ1) is 18.2.